The van der Waals surface area contributed by atoms with Crippen molar-refractivity contribution in [3.05, 3.63) is 56.6 Å². The number of nitrogens with one attached hydrogen (secondary N) is 1. The molecule has 0 saturated heterocycles. The molecule has 0 spiro atoms. The van der Waals surface area contributed by atoms with E-state index in [2.05, 4.69) is 21.2 Å². The first-order valence-electron chi connectivity index (χ1n) is 9.08. The number of fused-ring (bicyclic) bond motifs is 2. The second-order valence-corrected chi connectivity index (χ2v) is 8.57. The number of halogens is 2. The van der Waals surface area contributed by atoms with Crippen LogP contribution in [0.4, 0.5) is 4.39 Å². The lowest BCUT2D eigenvalue weighted by molar-refractivity contribution is 0.0939. The van der Waals surface area contributed by atoms with E-state index >= 15 is 0 Å². The van der Waals surface area contributed by atoms with Gasteiger partial charge in [0.2, 0.25) is 0 Å². The molecule has 0 aliphatic carbocycles. The molecule has 1 N–H and O–H groups in total. The maximum Gasteiger partial charge on any atom is 0.262 e. The van der Waals surface area contributed by atoms with Gasteiger partial charge in [-0.15, -0.1) is 11.3 Å². The van der Waals surface area contributed by atoms with Gasteiger partial charge in [-0.1, -0.05) is 22.0 Å². The van der Waals surface area contributed by atoms with Gasteiger partial charge >= 0.3 is 0 Å². The van der Waals surface area contributed by atoms with E-state index < -0.39 is 0 Å². The molecule has 2 aromatic carbocycles. The number of thiophene rings is 1. The molecule has 4 rings (SSSR count). The van der Waals surface area contributed by atoms with Crippen molar-refractivity contribution in [3.63, 3.8) is 0 Å². The van der Waals surface area contributed by atoms with Crippen LogP contribution in [0.3, 0.4) is 0 Å². The quantitative estimate of drug-likeness (QED) is 0.545. The van der Waals surface area contributed by atoms with Crippen molar-refractivity contribution in [1.82, 2.24) is 5.32 Å². The maximum atomic E-state index is 14.4. The van der Waals surface area contributed by atoms with E-state index in [-0.39, 0.29) is 24.4 Å². The molecule has 0 fully saturated rings. The second-order valence-electron chi connectivity index (χ2n) is 6.67. The van der Waals surface area contributed by atoms with Crippen LogP contribution in [-0.2, 0) is 11.3 Å². The minimum atomic E-state index is -0.354. The van der Waals surface area contributed by atoms with E-state index in [1.54, 1.807) is 12.1 Å². The normalized spacial score (nSPS) is 14.1. The highest BCUT2D eigenvalue weighted by molar-refractivity contribution is 9.10. The van der Waals surface area contributed by atoms with Gasteiger partial charge in [0, 0.05) is 27.2 Å². The highest BCUT2D eigenvalue weighted by Gasteiger charge is 2.24. The first-order valence-corrected chi connectivity index (χ1v) is 10.7. The Labute approximate surface area is 179 Å². The number of amides is 1. The summed E-state index contributed by atoms with van der Waals surface area (Å²) >= 11 is 4.81. The molecule has 8 heteroatoms. The Morgan fingerprint density at radius 2 is 2.03 bits per heavy atom. The fourth-order valence-electron chi connectivity index (χ4n) is 3.38. The summed E-state index contributed by atoms with van der Waals surface area (Å²) in [5, 5.41) is 3.45. The van der Waals surface area contributed by atoms with Crippen LogP contribution in [0.1, 0.15) is 33.8 Å². The molecular weight excluding hydrogens is 461 g/mol. The summed E-state index contributed by atoms with van der Waals surface area (Å²) < 4.78 is 32.4. The van der Waals surface area contributed by atoms with Gasteiger partial charge in [-0.05, 0) is 36.8 Å². The number of hydrogen-bond donors (Lipinski definition) is 1. The molecule has 2 heterocycles. The smallest absolute Gasteiger partial charge is 0.262 e. The number of carbonyl (C=O) groups is 1. The van der Waals surface area contributed by atoms with Crippen LogP contribution in [0.2, 0.25) is 0 Å². The Balaban J connectivity index is 1.64. The van der Waals surface area contributed by atoms with Crippen LogP contribution in [0, 0.1) is 5.82 Å². The molecule has 1 aliphatic rings. The number of benzene rings is 2. The third kappa shape index (κ3) is 3.84. The summed E-state index contributed by atoms with van der Waals surface area (Å²) in [6.07, 6.45) is 0. The van der Waals surface area contributed by atoms with Crippen LogP contribution in [0.5, 0.6) is 11.5 Å². The molecule has 1 atom stereocenters. The Morgan fingerprint density at radius 3 is 2.76 bits per heavy atom. The third-order valence-corrected chi connectivity index (χ3v) is 6.62. The summed E-state index contributed by atoms with van der Waals surface area (Å²) in [6.45, 7) is 3.04. The number of carbonyl (C=O) groups excluding carboxylic acids is 1. The minimum Gasteiger partial charge on any atom is -0.486 e. The summed E-state index contributed by atoms with van der Waals surface area (Å²) in [4.78, 5) is 13.5. The summed E-state index contributed by atoms with van der Waals surface area (Å²) in [6, 6.07) is 8.24. The molecule has 0 saturated carbocycles. The van der Waals surface area contributed by atoms with Crippen LogP contribution >= 0.6 is 27.3 Å². The van der Waals surface area contributed by atoms with E-state index in [9.17, 15) is 9.18 Å². The van der Waals surface area contributed by atoms with Crippen molar-refractivity contribution >= 4 is 43.3 Å². The van der Waals surface area contributed by atoms with Crippen molar-refractivity contribution in [2.45, 2.75) is 19.6 Å². The molecule has 1 unspecified atom stereocenters. The standard InChI is InChI=1S/C21H19BrFNO4S/c1-11(12-8-16-17(9-14(12)22)28-7-6-27-16)24-21(25)20-13(10-26-2)19-15(23)4-3-5-18(19)29-20/h3-5,8-9,11H,6-7,10H2,1-2H3,(H,24,25). The van der Waals surface area contributed by atoms with Crippen molar-refractivity contribution in [2.75, 3.05) is 20.3 Å². The summed E-state index contributed by atoms with van der Waals surface area (Å²) in [7, 11) is 1.53. The lowest BCUT2D eigenvalue weighted by Gasteiger charge is -2.22. The molecule has 152 valence electrons. The number of hydrogen-bond acceptors (Lipinski definition) is 5. The zero-order valence-corrected chi connectivity index (χ0v) is 18.3. The SMILES string of the molecule is COCc1c(C(=O)NC(C)c2cc3c(cc2Br)OCCO3)sc2cccc(F)c12. The predicted octanol–water partition coefficient (Wildman–Crippen LogP) is 5.21. The average molecular weight is 480 g/mol. The van der Waals surface area contributed by atoms with E-state index in [1.165, 1.54) is 24.5 Å². The van der Waals surface area contributed by atoms with Gasteiger partial charge in [-0.2, -0.15) is 0 Å². The van der Waals surface area contributed by atoms with Gasteiger partial charge in [0.15, 0.2) is 11.5 Å². The lowest BCUT2D eigenvalue weighted by atomic mass is 10.1. The number of rotatable bonds is 5. The highest BCUT2D eigenvalue weighted by Crippen LogP contribution is 2.38. The van der Waals surface area contributed by atoms with Gasteiger partial charge in [-0.25, -0.2) is 4.39 Å². The fourth-order valence-corrected chi connectivity index (χ4v) is 5.18. The molecule has 1 aromatic heterocycles. The van der Waals surface area contributed by atoms with Crippen molar-refractivity contribution in [2.24, 2.45) is 0 Å². The van der Waals surface area contributed by atoms with Gasteiger partial charge < -0.3 is 19.5 Å². The van der Waals surface area contributed by atoms with Crippen LogP contribution < -0.4 is 14.8 Å². The van der Waals surface area contributed by atoms with E-state index in [0.717, 1.165) is 14.7 Å². The number of methoxy groups -OCH3 is 1. The Hall–Kier alpha value is -2.16. The minimum absolute atomic E-state index is 0.159. The molecule has 1 amide bonds. The molecular formula is C21H19BrFNO4S. The largest absolute Gasteiger partial charge is 0.486 e. The van der Waals surface area contributed by atoms with Gasteiger partial charge in [0.05, 0.1) is 17.5 Å². The summed E-state index contributed by atoms with van der Waals surface area (Å²) in [5.41, 5.74) is 1.43. The van der Waals surface area contributed by atoms with E-state index in [4.69, 9.17) is 14.2 Å². The molecule has 0 radical (unpaired) electrons. The maximum absolute atomic E-state index is 14.4. The predicted molar refractivity (Wildman–Crippen MR) is 114 cm³/mol. The fraction of sp³-hybridized carbons (Fsp3) is 0.286. The van der Waals surface area contributed by atoms with E-state index in [0.29, 0.717) is 40.5 Å². The Morgan fingerprint density at radius 1 is 1.31 bits per heavy atom. The highest BCUT2D eigenvalue weighted by atomic mass is 79.9. The Bertz CT molecular complexity index is 1080. The van der Waals surface area contributed by atoms with Crippen molar-refractivity contribution in [3.8, 4) is 11.5 Å². The topological polar surface area (TPSA) is 56.8 Å². The first kappa shape index (κ1) is 20.1. The second kappa shape index (κ2) is 8.30. The molecule has 29 heavy (non-hydrogen) atoms. The molecule has 0 bridgehead atoms. The summed E-state index contributed by atoms with van der Waals surface area (Å²) in [5.74, 6) is 0.701. The van der Waals surface area contributed by atoms with Gasteiger partial charge in [0.25, 0.3) is 5.91 Å². The zero-order chi connectivity index (χ0) is 20.5. The Kier molecular flexibility index (Phi) is 5.76. The van der Waals surface area contributed by atoms with Crippen LogP contribution in [0.15, 0.2) is 34.8 Å². The molecule has 3 aromatic rings. The van der Waals surface area contributed by atoms with Gasteiger partial charge in [-0.3, -0.25) is 4.79 Å². The van der Waals surface area contributed by atoms with Crippen molar-refractivity contribution < 1.29 is 23.4 Å². The van der Waals surface area contributed by atoms with Crippen LogP contribution in [-0.4, -0.2) is 26.2 Å². The molecule has 5 nitrogen and oxygen atoms in total. The zero-order valence-electron chi connectivity index (χ0n) is 15.9. The van der Waals surface area contributed by atoms with Crippen molar-refractivity contribution in [1.29, 1.82) is 0 Å². The first-order chi connectivity index (χ1) is 14.0. The lowest BCUT2D eigenvalue weighted by Crippen LogP contribution is -2.27. The third-order valence-electron chi connectivity index (χ3n) is 4.73. The molecule has 1 aliphatic heterocycles. The number of ether oxygens (including phenoxy) is 3. The monoisotopic (exact) mass is 479 g/mol. The average Bonchev–Trinajstić information content (AvgIpc) is 3.07. The van der Waals surface area contributed by atoms with Gasteiger partial charge in [0.1, 0.15) is 19.0 Å². The van der Waals surface area contributed by atoms with E-state index in [1.807, 2.05) is 19.1 Å². The van der Waals surface area contributed by atoms with Crippen LogP contribution in [0.25, 0.3) is 10.1 Å².